The van der Waals surface area contributed by atoms with Crippen molar-refractivity contribution in [1.29, 1.82) is 0 Å². The highest BCUT2D eigenvalue weighted by atomic mass is 16.5. The van der Waals surface area contributed by atoms with Gasteiger partial charge in [0.25, 0.3) is 5.91 Å². The molecule has 128 valence electrons. The fraction of sp³-hybridized carbons (Fsp3) is 0.471. The van der Waals surface area contributed by atoms with Crippen LogP contribution in [0.5, 0.6) is 5.88 Å². The summed E-state index contributed by atoms with van der Waals surface area (Å²) < 4.78 is 16.5. The SMILES string of the molecule is CCCOc1ncccc1CNC(=O)c1ncoc1C1CCCO1. The highest BCUT2D eigenvalue weighted by Crippen LogP contribution is 2.30. The number of aromatic nitrogens is 2. The first-order valence-corrected chi connectivity index (χ1v) is 8.19. The summed E-state index contributed by atoms with van der Waals surface area (Å²) in [5.74, 6) is 0.748. The average molecular weight is 331 g/mol. The first kappa shape index (κ1) is 16.4. The Bertz CT molecular complexity index is 680. The van der Waals surface area contributed by atoms with Crippen molar-refractivity contribution in [2.24, 2.45) is 0 Å². The van der Waals surface area contributed by atoms with E-state index in [1.165, 1.54) is 6.39 Å². The molecule has 1 amide bonds. The lowest BCUT2D eigenvalue weighted by Crippen LogP contribution is -2.25. The molecule has 1 atom stereocenters. The molecule has 0 aromatic carbocycles. The maximum absolute atomic E-state index is 12.4. The number of pyridine rings is 1. The normalized spacial score (nSPS) is 17.0. The van der Waals surface area contributed by atoms with E-state index < -0.39 is 0 Å². The second-order valence-corrected chi connectivity index (χ2v) is 5.57. The van der Waals surface area contributed by atoms with Gasteiger partial charge in [0, 0.05) is 24.9 Å². The van der Waals surface area contributed by atoms with Crippen LogP contribution in [-0.2, 0) is 11.3 Å². The fourth-order valence-corrected chi connectivity index (χ4v) is 2.59. The fourth-order valence-electron chi connectivity index (χ4n) is 2.59. The number of carbonyl (C=O) groups excluding carboxylic acids is 1. The minimum atomic E-state index is -0.292. The Kier molecular flexibility index (Phi) is 5.43. The van der Waals surface area contributed by atoms with Crippen LogP contribution in [0.1, 0.15) is 54.1 Å². The number of ether oxygens (including phenoxy) is 2. The molecule has 24 heavy (non-hydrogen) atoms. The second-order valence-electron chi connectivity index (χ2n) is 5.57. The Morgan fingerprint density at radius 3 is 3.17 bits per heavy atom. The van der Waals surface area contributed by atoms with Crippen LogP contribution >= 0.6 is 0 Å². The van der Waals surface area contributed by atoms with E-state index in [9.17, 15) is 4.79 Å². The predicted molar refractivity (Wildman–Crippen MR) is 85.6 cm³/mol. The van der Waals surface area contributed by atoms with E-state index in [1.807, 2.05) is 19.1 Å². The molecule has 0 radical (unpaired) electrons. The van der Waals surface area contributed by atoms with E-state index in [0.29, 0.717) is 31.4 Å². The van der Waals surface area contributed by atoms with Crippen molar-refractivity contribution in [1.82, 2.24) is 15.3 Å². The van der Waals surface area contributed by atoms with Gasteiger partial charge < -0.3 is 19.2 Å². The molecule has 0 saturated carbocycles. The summed E-state index contributed by atoms with van der Waals surface area (Å²) in [7, 11) is 0. The third-order valence-electron chi connectivity index (χ3n) is 3.76. The molecule has 0 aliphatic carbocycles. The van der Waals surface area contributed by atoms with Gasteiger partial charge in [-0.3, -0.25) is 4.79 Å². The topological polar surface area (TPSA) is 86.5 Å². The average Bonchev–Trinajstić information content (AvgIpc) is 3.29. The van der Waals surface area contributed by atoms with Crippen LogP contribution in [0, 0.1) is 0 Å². The Balaban J connectivity index is 1.65. The molecule has 3 heterocycles. The van der Waals surface area contributed by atoms with Gasteiger partial charge in [-0.1, -0.05) is 13.0 Å². The van der Waals surface area contributed by atoms with Crippen molar-refractivity contribution < 1.29 is 18.7 Å². The highest BCUT2D eigenvalue weighted by Gasteiger charge is 2.27. The third kappa shape index (κ3) is 3.73. The van der Waals surface area contributed by atoms with Gasteiger partial charge in [-0.25, -0.2) is 9.97 Å². The van der Waals surface area contributed by atoms with Crippen molar-refractivity contribution in [3.63, 3.8) is 0 Å². The molecule has 7 heteroatoms. The van der Waals surface area contributed by atoms with Crippen LogP contribution in [0.2, 0.25) is 0 Å². The van der Waals surface area contributed by atoms with Gasteiger partial charge in [-0.2, -0.15) is 0 Å². The lowest BCUT2D eigenvalue weighted by molar-refractivity contribution is 0.0860. The Morgan fingerprint density at radius 2 is 2.38 bits per heavy atom. The minimum Gasteiger partial charge on any atom is -0.477 e. The zero-order valence-corrected chi connectivity index (χ0v) is 13.7. The summed E-state index contributed by atoms with van der Waals surface area (Å²) in [5.41, 5.74) is 1.10. The zero-order chi connectivity index (χ0) is 16.8. The molecule has 2 aromatic rings. The van der Waals surface area contributed by atoms with Gasteiger partial charge in [0.2, 0.25) is 5.88 Å². The molecule has 0 spiro atoms. The number of carbonyl (C=O) groups is 1. The molecular weight excluding hydrogens is 310 g/mol. The van der Waals surface area contributed by atoms with E-state index >= 15 is 0 Å². The molecule has 1 unspecified atom stereocenters. The van der Waals surface area contributed by atoms with Crippen molar-refractivity contribution in [3.05, 3.63) is 41.7 Å². The van der Waals surface area contributed by atoms with Gasteiger partial charge in [-0.05, 0) is 25.3 Å². The number of hydrogen-bond donors (Lipinski definition) is 1. The van der Waals surface area contributed by atoms with Crippen LogP contribution in [0.25, 0.3) is 0 Å². The first-order chi connectivity index (χ1) is 11.8. The number of amides is 1. The van der Waals surface area contributed by atoms with Crippen LogP contribution < -0.4 is 10.1 Å². The van der Waals surface area contributed by atoms with Crippen molar-refractivity contribution in [2.45, 2.75) is 38.8 Å². The van der Waals surface area contributed by atoms with Gasteiger partial charge in [-0.15, -0.1) is 0 Å². The van der Waals surface area contributed by atoms with Crippen LogP contribution in [0.3, 0.4) is 0 Å². The van der Waals surface area contributed by atoms with Crippen molar-refractivity contribution in [2.75, 3.05) is 13.2 Å². The van der Waals surface area contributed by atoms with E-state index in [-0.39, 0.29) is 17.7 Å². The standard InChI is InChI=1S/C17H21N3O4/c1-2-8-23-17-12(5-3-7-18-17)10-19-16(21)14-15(24-11-20-14)13-6-4-9-22-13/h3,5,7,11,13H,2,4,6,8-10H2,1H3,(H,19,21). The molecule has 3 rings (SSSR count). The van der Waals surface area contributed by atoms with Crippen LogP contribution in [0.15, 0.2) is 29.1 Å². The second kappa shape index (κ2) is 7.92. The summed E-state index contributed by atoms with van der Waals surface area (Å²) in [4.78, 5) is 20.7. The summed E-state index contributed by atoms with van der Waals surface area (Å²) in [6.07, 6.45) is 5.46. The third-order valence-corrected chi connectivity index (χ3v) is 3.76. The maximum atomic E-state index is 12.4. The summed E-state index contributed by atoms with van der Waals surface area (Å²) in [6, 6.07) is 3.69. The number of hydrogen-bond acceptors (Lipinski definition) is 6. The summed E-state index contributed by atoms with van der Waals surface area (Å²) in [5, 5.41) is 2.85. The Morgan fingerprint density at radius 1 is 1.46 bits per heavy atom. The summed E-state index contributed by atoms with van der Waals surface area (Å²) in [6.45, 7) is 3.61. The molecule has 0 bridgehead atoms. The monoisotopic (exact) mass is 331 g/mol. The van der Waals surface area contributed by atoms with Gasteiger partial charge in [0.05, 0.1) is 6.61 Å². The summed E-state index contributed by atoms with van der Waals surface area (Å²) >= 11 is 0. The molecule has 1 aliphatic rings. The smallest absolute Gasteiger partial charge is 0.273 e. The molecule has 2 aromatic heterocycles. The van der Waals surface area contributed by atoms with Gasteiger partial charge in [0.1, 0.15) is 6.10 Å². The lowest BCUT2D eigenvalue weighted by atomic mass is 10.1. The molecule has 1 saturated heterocycles. The molecule has 7 nitrogen and oxygen atoms in total. The lowest BCUT2D eigenvalue weighted by Gasteiger charge is -2.11. The molecule has 1 N–H and O–H groups in total. The minimum absolute atomic E-state index is 0.185. The van der Waals surface area contributed by atoms with Crippen molar-refractivity contribution >= 4 is 5.91 Å². The van der Waals surface area contributed by atoms with E-state index in [0.717, 1.165) is 24.8 Å². The Labute approximate surface area is 140 Å². The van der Waals surface area contributed by atoms with Gasteiger partial charge in [0.15, 0.2) is 17.8 Å². The Hall–Kier alpha value is -2.41. The zero-order valence-electron chi connectivity index (χ0n) is 13.7. The first-order valence-electron chi connectivity index (χ1n) is 8.19. The van der Waals surface area contributed by atoms with E-state index in [2.05, 4.69) is 15.3 Å². The molecule has 1 aliphatic heterocycles. The number of nitrogens with one attached hydrogen (secondary N) is 1. The largest absolute Gasteiger partial charge is 0.477 e. The number of oxazole rings is 1. The van der Waals surface area contributed by atoms with Crippen LogP contribution in [0.4, 0.5) is 0 Å². The molecule has 1 fully saturated rings. The maximum Gasteiger partial charge on any atom is 0.273 e. The quantitative estimate of drug-likeness (QED) is 0.839. The van der Waals surface area contributed by atoms with E-state index in [4.69, 9.17) is 13.9 Å². The highest BCUT2D eigenvalue weighted by molar-refractivity contribution is 5.93. The number of nitrogens with zero attached hydrogens (tertiary/aromatic N) is 2. The van der Waals surface area contributed by atoms with Gasteiger partial charge >= 0.3 is 0 Å². The molecular formula is C17H21N3O4. The van der Waals surface area contributed by atoms with E-state index in [1.54, 1.807) is 6.20 Å². The van der Waals surface area contributed by atoms with Crippen molar-refractivity contribution in [3.8, 4) is 5.88 Å². The number of rotatable bonds is 7. The predicted octanol–water partition coefficient (Wildman–Crippen LogP) is 2.64. The van der Waals surface area contributed by atoms with Crippen LogP contribution in [-0.4, -0.2) is 29.1 Å².